The fourth-order valence-electron chi connectivity index (χ4n) is 2.09. The maximum absolute atomic E-state index is 12.5. The van der Waals surface area contributed by atoms with Gasteiger partial charge in [-0.1, -0.05) is 0 Å². The first kappa shape index (κ1) is 24.2. The third-order valence-electron chi connectivity index (χ3n) is 3.05. The molecule has 0 saturated carbocycles. The van der Waals surface area contributed by atoms with E-state index < -0.39 is 35.3 Å². The predicted molar refractivity (Wildman–Crippen MR) is 97.4 cm³/mol. The van der Waals surface area contributed by atoms with Crippen LogP contribution in [0.3, 0.4) is 0 Å². The lowest BCUT2D eigenvalue weighted by atomic mass is 9.96. The molecule has 8 nitrogen and oxygen atoms in total. The number of carbonyl (C=O) groups excluding carboxylic acids is 3. The molecule has 1 amide bonds. The molecule has 0 aromatic heterocycles. The summed E-state index contributed by atoms with van der Waals surface area (Å²) < 4.78 is 15.5. The van der Waals surface area contributed by atoms with Gasteiger partial charge in [-0.15, -0.1) is 0 Å². The van der Waals surface area contributed by atoms with Gasteiger partial charge in [-0.25, -0.2) is 9.59 Å². The number of alkyl carbamates (subject to hydrolysis) is 1. The van der Waals surface area contributed by atoms with Crippen LogP contribution in [0.25, 0.3) is 0 Å². The summed E-state index contributed by atoms with van der Waals surface area (Å²) in [7, 11) is 0. The van der Waals surface area contributed by atoms with Crippen LogP contribution in [0, 0.1) is 5.92 Å². The minimum atomic E-state index is -0.980. The topological polar surface area (TPSA) is 117 Å². The summed E-state index contributed by atoms with van der Waals surface area (Å²) in [5.74, 6) is -1.35. The van der Waals surface area contributed by atoms with Crippen molar-refractivity contribution in [2.45, 2.75) is 78.6 Å². The monoisotopic (exact) mass is 374 g/mol. The van der Waals surface area contributed by atoms with Gasteiger partial charge in [0.15, 0.2) is 0 Å². The molecule has 0 rings (SSSR count). The van der Waals surface area contributed by atoms with Gasteiger partial charge >= 0.3 is 18.0 Å². The molecule has 2 atom stereocenters. The minimum absolute atomic E-state index is 0.0552. The second-order valence-corrected chi connectivity index (χ2v) is 8.08. The number of nitrogens with two attached hydrogens (primary N) is 1. The SMILES string of the molecule is CCOC(=O)CC(CN)C[C@H](NC(=O)OC(C)(C)C)C(=O)OC(C)(C)C. The minimum Gasteiger partial charge on any atom is -0.466 e. The fourth-order valence-corrected chi connectivity index (χ4v) is 2.09. The van der Waals surface area contributed by atoms with Crippen molar-refractivity contribution in [1.82, 2.24) is 5.32 Å². The molecule has 8 heteroatoms. The standard InChI is InChI=1S/C18H34N2O6/c1-8-24-14(21)10-12(11-19)9-13(15(22)25-17(2,3)4)20-16(23)26-18(5,6)7/h12-13H,8-11,19H2,1-7H3,(H,20,23)/t12?,13-/m0/s1. The number of hydrogen-bond acceptors (Lipinski definition) is 7. The number of hydrogen-bond donors (Lipinski definition) is 2. The Morgan fingerprint density at radius 1 is 1.00 bits per heavy atom. The van der Waals surface area contributed by atoms with E-state index in [9.17, 15) is 14.4 Å². The molecule has 0 saturated heterocycles. The van der Waals surface area contributed by atoms with Crippen molar-refractivity contribution < 1.29 is 28.6 Å². The third kappa shape index (κ3) is 11.7. The summed E-state index contributed by atoms with van der Waals surface area (Å²) in [5.41, 5.74) is 4.30. The zero-order valence-electron chi connectivity index (χ0n) is 17.0. The average molecular weight is 374 g/mol. The Kier molecular flexibility index (Phi) is 9.62. The Bertz CT molecular complexity index is 479. The number of amides is 1. The Hall–Kier alpha value is -1.83. The van der Waals surface area contributed by atoms with E-state index in [2.05, 4.69) is 5.32 Å². The molecule has 152 valence electrons. The molecule has 0 aliphatic heterocycles. The molecule has 0 aliphatic rings. The predicted octanol–water partition coefficient (Wildman–Crippen LogP) is 2.14. The van der Waals surface area contributed by atoms with Crippen LogP contribution >= 0.6 is 0 Å². The van der Waals surface area contributed by atoms with Crippen LogP contribution in [0.1, 0.15) is 61.3 Å². The molecule has 0 fully saturated rings. The zero-order valence-corrected chi connectivity index (χ0v) is 17.0. The van der Waals surface area contributed by atoms with Crippen LogP contribution in [0.2, 0.25) is 0 Å². The molecule has 0 spiro atoms. The van der Waals surface area contributed by atoms with Crippen molar-refractivity contribution in [2.75, 3.05) is 13.2 Å². The van der Waals surface area contributed by atoms with Gasteiger partial charge in [0.25, 0.3) is 0 Å². The molecule has 0 heterocycles. The normalized spacial score (nSPS) is 14.2. The van der Waals surface area contributed by atoms with Crippen LogP contribution in [0.15, 0.2) is 0 Å². The summed E-state index contributed by atoms with van der Waals surface area (Å²) in [6.45, 7) is 12.5. The van der Waals surface area contributed by atoms with Crippen LogP contribution in [-0.2, 0) is 23.8 Å². The van der Waals surface area contributed by atoms with Gasteiger partial charge in [-0.3, -0.25) is 4.79 Å². The Balaban J connectivity index is 5.14. The van der Waals surface area contributed by atoms with Crippen LogP contribution < -0.4 is 11.1 Å². The highest BCUT2D eigenvalue weighted by Gasteiger charge is 2.31. The largest absolute Gasteiger partial charge is 0.466 e. The van der Waals surface area contributed by atoms with E-state index in [1.807, 2.05) is 0 Å². The highest BCUT2D eigenvalue weighted by atomic mass is 16.6. The third-order valence-corrected chi connectivity index (χ3v) is 3.05. The molecule has 3 N–H and O–H groups in total. The summed E-state index contributed by atoms with van der Waals surface area (Å²) in [5, 5.41) is 2.52. The average Bonchev–Trinajstić information content (AvgIpc) is 2.41. The second-order valence-electron chi connectivity index (χ2n) is 8.08. The van der Waals surface area contributed by atoms with E-state index >= 15 is 0 Å². The number of ether oxygens (including phenoxy) is 3. The molecule has 0 aliphatic carbocycles. The lowest BCUT2D eigenvalue weighted by molar-refractivity contribution is -0.158. The van der Waals surface area contributed by atoms with E-state index in [0.717, 1.165) is 0 Å². The van der Waals surface area contributed by atoms with Crippen molar-refractivity contribution in [1.29, 1.82) is 0 Å². The van der Waals surface area contributed by atoms with Gasteiger partial charge in [-0.2, -0.15) is 0 Å². The van der Waals surface area contributed by atoms with Gasteiger partial charge < -0.3 is 25.3 Å². The van der Waals surface area contributed by atoms with Crippen molar-refractivity contribution in [2.24, 2.45) is 11.7 Å². The fraction of sp³-hybridized carbons (Fsp3) is 0.833. The van der Waals surface area contributed by atoms with Crippen molar-refractivity contribution in [3.63, 3.8) is 0 Å². The van der Waals surface area contributed by atoms with E-state index in [0.29, 0.717) is 0 Å². The van der Waals surface area contributed by atoms with Crippen LogP contribution in [0.5, 0.6) is 0 Å². The van der Waals surface area contributed by atoms with Gasteiger partial charge in [0.1, 0.15) is 17.2 Å². The Labute approximate surface area is 156 Å². The summed E-state index contributed by atoms with van der Waals surface area (Å²) in [4.78, 5) is 36.2. The highest BCUT2D eigenvalue weighted by molar-refractivity contribution is 5.81. The zero-order chi connectivity index (χ0) is 20.5. The first-order valence-corrected chi connectivity index (χ1v) is 8.85. The van der Waals surface area contributed by atoms with Crippen molar-refractivity contribution >= 4 is 18.0 Å². The quantitative estimate of drug-likeness (QED) is 0.494. The molecule has 0 aromatic carbocycles. The number of carbonyl (C=O) groups is 3. The van der Waals surface area contributed by atoms with Crippen molar-refractivity contribution in [3.8, 4) is 0 Å². The number of esters is 2. The summed E-state index contributed by atoms with van der Waals surface area (Å²) in [6.07, 6.45) is -0.538. The van der Waals surface area contributed by atoms with Gasteiger partial charge in [-0.05, 0) is 67.3 Å². The molecular formula is C18H34N2O6. The summed E-state index contributed by atoms with van der Waals surface area (Å²) >= 11 is 0. The molecule has 0 bridgehead atoms. The first-order valence-electron chi connectivity index (χ1n) is 8.85. The number of nitrogens with one attached hydrogen (secondary N) is 1. The van der Waals surface area contributed by atoms with Gasteiger partial charge in [0, 0.05) is 6.42 Å². The van der Waals surface area contributed by atoms with E-state index in [1.54, 1.807) is 48.5 Å². The van der Waals surface area contributed by atoms with Gasteiger partial charge in [0.05, 0.1) is 6.61 Å². The molecule has 26 heavy (non-hydrogen) atoms. The maximum Gasteiger partial charge on any atom is 0.408 e. The second kappa shape index (κ2) is 10.4. The van der Waals surface area contributed by atoms with E-state index in [1.165, 1.54) is 0 Å². The lowest BCUT2D eigenvalue weighted by Crippen LogP contribution is -2.47. The highest BCUT2D eigenvalue weighted by Crippen LogP contribution is 2.17. The van der Waals surface area contributed by atoms with E-state index in [-0.39, 0.29) is 31.9 Å². The van der Waals surface area contributed by atoms with Crippen LogP contribution in [0.4, 0.5) is 4.79 Å². The molecule has 1 unspecified atom stereocenters. The van der Waals surface area contributed by atoms with Crippen molar-refractivity contribution in [3.05, 3.63) is 0 Å². The smallest absolute Gasteiger partial charge is 0.408 e. The van der Waals surface area contributed by atoms with Gasteiger partial charge in [0.2, 0.25) is 0 Å². The molecular weight excluding hydrogens is 340 g/mol. The lowest BCUT2D eigenvalue weighted by Gasteiger charge is -2.28. The first-order chi connectivity index (χ1) is 11.8. The Morgan fingerprint density at radius 3 is 1.96 bits per heavy atom. The Morgan fingerprint density at radius 2 is 1.54 bits per heavy atom. The van der Waals surface area contributed by atoms with E-state index in [4.69, 9.17) is 19.9 Å². The number of rotatable bonds is 8. The maximum atomic E-state index is 12.5. The summed E-state index contributed by atoms with van der Waals surface area (Å²) in [6, 6.07) is -0.980. The molecule has 0 radical (unpaired) electrons. The molecule has 0 aromatic rings. The van der Waals surface area contributed by atoms with Crippen LogP contribution in [-0.4, -0.2) is 48.4 Å².